The van der Waals surface area contributed by atoms with Gasteiger partial charge in [-0.25, -0.2) is 0 Å². The molecule has 1 aromatic rings. The third-order valence-electron chi connectivity index (χ3n) is 3.49. The molecule has 5 nitrogen and oxygen atoms in total. The third kappa shape index (κ3) is 2.58. The van der Waals surface area contributed by atoms with Crippen LogP contribution in [0.5, 0.6) is 0 Å². The number of nitrogens with zero attached hydrogens (tertiary/aromatic N) is 4. The second-order valence-electron chi connectivity index (χ2n) is 4.71. The van der Waals surface area contributed by atoms with Gasteiger partial charge in [-0.15, -0.1) is 5.10 Å². The minimum Gasteiger partial charge on any atom is -0.347 e. The van der Waals surface area contributed by atoms with E-state index in [4.69, 9.17) is 0 Å². The topological polar surface area (TPSA) is 69.9 Å². The number of piperidine rings is 1. The monoisotopic (exact) mass is 258 g/mol. The van der Waals surface area contributed by atoms with Gasteiger partial charge in [0.25, 0.3) is 0 Å². The highest BCUT2D eigenvalue weighted by Crippen LogP contribution is 2.24. The SMILES string of the molecule is CCc1nnc(N2CCCC(=O)C2)c(C#N)c1CC. The predicted octanol–water partition coefficient (Wildman–Crippen LogP) is 1.64. The van der Waals surface area contributed by atoms with Crippen molar-refractivity contribution in [3.05, 3.63) is 16.8 Å². The Bertz CT molecular complexity index is 533. The molecule has 0 spiro atoms. The van der Waals surface area contributed by atoms with Crippen LogP contribution in [0.25, 0.3) is 0 Å². The minimum absolute atomic E-state index is 0.203. The van der Waals surface area contributed by atoms with Gasteiger partial charge in [0, 0.05) is 13.0 Å². The summed E-state index contributed by atoms with van der Waals surface area (Å²) in [6.07, 6.45) is 2.97. The maximum Gasteiger partial charge on any atom is 0.169 e. The average Bonchev–Trinajstić information content (AvgIpc) is 2.45. The van der Waals surface area contributed by atoms with Gasteiger partial charge in [0.05, 0.1) is 12.2 Å². The van der Waals surface area contributed by atoms with Crippen LogP contribution in [0.2, 0.25) is 0 Å². The maximum atomic E-state index is 11.6. The van der Waals surface area contributed by atoms with E-state index in [2.05, 4.69) is 16.3 Å². The number of carbonyl (C=O) groups is 1. The first kappa shape index (κ1) is 13.5. The standard InChI is InChI=1S/C14H18N4O/c1-3-11-12(8-15)14(17-16-13(11)4-2)18-7-5-6-10(19)9-18/h3-7,9H2,1-2H3. The van der Waals surface area contributed by atoms with Crippen LogP contribution in [0.3, 0.4) is 0 Å². The quantitative estimate of drug-likeness (QED) is 0.824. The van der Waals surface area contributed by atoms with Gasteiger partial charge in [-0.2, -0.15) is 10.4 Å². The molecule has 1 aromatic heterocycles. The number of carbonyl (C=O) groups excluding carboxylic acids is 1. The van der Waals surface area contributed by atoms with Crippen molar-refractivity contribution < 1.29 is 4.79 Å². The summed E-state index contributed by atoms with van der Waals surface area (Å²) < 4.78 is 0. The normalized spacial score (nSPS) is 15.4. The summed E-state index contributed by atoms with van der Waals surface area (Å²) in [5.74, 6) is 0.777. The Labute approximate surface area is 113 Å². The first-order valence-corrected chi connectivity index (χ1v) is 6.76. The van der Waals surface area contributed by atoms with E-state index in [0.717, 1.165) is 37.1 Å². The van der Waals surface area contributed by atoms with Gasteiger partial charge in [0.15, 0.2) is 11.6 Å². The van der Waals surface area contributed by atoms with Crippen molar-refractivity contribution >= 4 is 11.6 Å². The maximum absolute atomic E-state index is 11.6. The third-order valence-corrected chi connectivity index (χ3v) is 3.49. The number of ketones is 1. The van der Waals surface area contributed by atoms with Crippen LogP contribution < -0.4 is 4.90 Å². The Balaban J connectivity index is 2.46. The molecule has 1 aliphatic heterocycles. The summed E-state index contributed by atoms with van der Waals surface area (Å²) in [7, 11) is 0. The Morgan fingerprint density at radius 3 is 2.68 bits per heavy atom. The van der Waals surface area contributed by atoms with E-state index in [1.54, 1.807) is 0 Å². The molecule has 0 N–H and O–H groups in total. The summed E-state index contributed by atoms with van der Waals surface area (Å²) >= 11 is 0. The van der Waals surface area contributed by atoms with Gasteiger partial charge in [0.1, 0.15) is 11.6 Å². The first-order valence-electron chi connectivity index (χ1n) is 6.76. The highest BCUT2D eigenvalue weighted by Gasteiger charge is 2.23. The summed E-state index contributed by atoms with van der Waals surface area (Å²) in [6, 6.07) is 2.25. The van der Waals surface area contributed by atoms with Gasteiger partial charge >= 0.3 is 0 Å². The second kappa shape index (κ2) is 5.79. The highest BCUT2D eigenvalue weighted by molar-refractivity contribution is 5.84. The van der Waals surface area contributed by atoms with Crippen LogP contribution in [-0.4, -0.2) is 29.1 Å². The fourth-order valence-electron chi connectivity index (χ4n) is 2.52. The lowest BCUT2D eigenvalue weighted by molar-refractivity contribution is -0.118. The molecule has 0 bridgehead atoms. The lowest BCUT2D eigenvalue weighted by Crippen LogP contribution is -2.37. The van der Waals surface area contributed by atoms with Crippen LogP contribution in [0, 0.1) is 11.3 Å². The average molecular weight is 258 g/mol. The number of aromatic nitrogens is 2. The van der Waals surface area contributed by atoms with Crippen LogP contribution >= 0.6 is 0 Å². The molecule has 0 saturated carbocycles. The Kier molecular flexibility index (Phi) is 4.10. The number of Topliss-reactive ketones (excluding diaryl/α,β-unsaturated/α-hetero) is 1. The van der Waals surface area contributed by atoms with Crippen molar-refractivity contribution in [1.82, 2.24) is 10.2 Å². The van der Waals surface area contributed by atoms with Crippen molar-refractivity contribution in [1.29, 1.82) is 5.26 Å². The zero-order valence-corrected chi connectivity index (χ0v) is 11.4. The van der Waals surface area contributed by atoms with Gasteiger partial charge in [-0.1, -0.05) is 13.8 Å². The number of hydrogen-bond donors (Lipinski definition) is 0. The smallest absolute Gasteiger partial charge is 0.169 e. The van der Waals surface area contributed by atoms with Crippen molar-refractivity contribution in [3.63, 3.8) is 0 Å². The van der Waals surface area contributed by atoms with Crippen LogP contribution in [0.15, 0.2) is 0 Å². The molecule has 5 heteroatoms. The van der Waals surface area contributed by atoms with E-state index in [-0.39, 0.29) is 5.78 Å². The van der Waals surface area contributed by atoms with E-state index < -0.39 is 0 Å². The van der Waals surface area contributed by atoms with E-state index in [0.29, 0.717) is 24.3 Å². The van der Waals surface area contributed by atoms with Crippen LogP contribution in [0.1, 0.15) is 43.5 Å². The molecule has 100 valence electrons. The molecule has 0 aliphatic carbocycles. The van der Waals surface area contributed by atoms with E-state index in [1.165, 1.54) is 0 Å². The Morgan fingerprint density at radius 2 is 2.11 bits per heavy atom. The van der Waals surface area contributed by atoms with E-state index in [9.17, 15) is 10.1 Å². The Hall–Kier alpha value is -1.96. The molecule has 1 aliphatic rings. The van der Waals surface area contributed by atoms with Crippen molar-refractivity contribution in [3.8, 4) is 6.07 Å². The summed E-state index contributed by atoms with van der Waals surface area (Å²) in [6.45, 7) is 5.14. The van der Waals surface area contributed by atoms with Crippen molar-refractivity contribution in [2.75, 3.05) is 18.0 Å². The summed E-state index contributed by atoms with van der Waals surface area (Å²) in [5, 5.41) is 17.8. The minimum atomic E-state index is 0.203. The fourth-order valence-corrected chi connectivity index (χ4v) is 2.52. The molecular formula is C14H18N4O. The molecule has 2 heterocycles. The van der Waals surface area contributed by atoms with Crippen molar-refractivity contribution in [2.45, 2.75) is 39.5 Å². The summed E-state index contributed by atoms with van der Waals surface area (Å²) in [4.78, 5) is 13.4. The number of nitriles is 1. The van der Waals surface area contributed by atoms with Gasteiger partial charge in [-0.3, -0.25) is 4.79 Å². The number of hydrogen-bond acceptors (Lipinski definition) is 5. The van der Waals surface area contributed by atoms with Gasteiger partial charge < -0.3 is 4.90 Å². The number of rotatable bonds is 3. The van der Waals surface area contributed by atoms with Gasteiger partial charge in [0.2, 0.25) is 0 Å². The van der Waals surface area contributed by atoms with Crippen molar-refractivity contribution in [2.24, 2.45) is 0 Å². The molecule has 2 rings (SSSR count). The molecular weight excluding hydrogens is 240 g/mol. The molecule has 0 atom stereocenters. The fraction of sp³-hybridized carbons (Fsp3) is 0.571. The first-order chi connectivity index (χ1) is 9.21. The molecule has 0 unspecified atom stereocenters. The lowest BCUT2D eigenvalue weighted by Gasteiger charge is -2.27. The predicted molar refractivity (Wildman–Crippen MR) is 72.0 cm³/mol. The number of aryl methyl sites for hydroxylation is 1. The molecule has 0 amide bonds. The molecule has 1 fully saturated rings. The molecule has 19 heavy (non-hydrogen) atoms. The second-order valence-corrected chi connectivity index (χ2v) is 4.71. The molecule has 0 aromatic carbocycles. The summed E-state index contributed by atoms with van der Waals surface area (Å²) in [5.41, 5.74) is 2.43. The van der Waals surface area contributed by atoms with E-state index >= 15 is 0 Å². The van der Waals surface area contributed by atoms with E-state index in [1.807, 2.05) is 18.7 Å². The zero-order valence-electron chi connectivity index (χ0n) is 11.4. The lowest BCUT2D eigenvalue weighted by atomic mass is 10.0. The van der Waals surface area contributed by atoms with Gasteiger partial charge in [-0.05, 0) is 24.8 Å². The highest BCUT2D eigenvalue weighted by atomic mass is 16.1. The number of anilines is 1. The van der Waals surface area contributed by atoms with Crippen LogP contribution in [-0.2, 0) is 17.6 Å². The Morgan fingerprint density at radius 1 is 1.32 bits per heavy atom. The molecule has 0 radical (unpaired) electrons. The van der Waals surface area contributed by atoms with Crippen LogP contribution in [0.4, 0.5) is 5.82 Å². The largest absolute Gasteiger partial charge is 0.347 e. The zero-order chi connectivity index (χ0) is 13.8. The molecule has 1 saturated heterocycles.